The van der Waals surface area contributed by atoms with E-state index in [1.165, 1.54) is 6.20 Å². The third-order valence-corrected chi connectivity index (χ3v) is 3.69. The van der Waals surface area contributed by atoms with Crippen molar-refractivity contribution in [1.29, 1.82) is 0 Å². The summed E-state index contributed by atoms with van der Waals surface area (Å²) in [5, 5.41) is 5.50. The molecule has 6 nitrogen and oxygen atoms in total. The van der Waals surface area contributed by atoms with Gasteiger partial charge in [-0.15, -0.1) is 0 Å². The Hall–Kier alpha value is -0.890. The highest BCUT2D eigenvalue weighted by molar-refractivity contribution is 6.35. The average molecular weight is 351 g/mol. The summed E-state index contributed by atoms with van der Waals surface area (Å²) in [5.74, 6) is 5.66. The van der Waals surface area contributed by atoms with Gasteiger partial charge in [0.05, 0.1) is 45.8 Å². The Labute approximate surface area is 137 Å². The molecular formula is C12H14Cl3N5O. The zero-order valence-corrected chi connectivity index (χ0v) is 13.5. The van der Waals surface area contributed by atoms with Crippen molar-refractivity contribution >= 4 is 34.8 Å². The summed E-state index contributed by atoms with van der Waals surface area (Å²) in [6.45, 7) is 1.02. The minimum atomic E-state index is -0.512. The second kappa shape index (κ2) is 7.40. The fourth-order valence-electron chi connectivity index (χ4n) is 1.94. The Bertz CT molecular complexity index is 619. The van der Waals surface area contributed by atoms with Gasteiger partial charge in [-0.3, -0.25) is 15.5 Å². The maximum absolute atomic E-state index is 6.21. The first kappa shape index (κ1) is 16.5. The zero-order chi connectivity index (χ0) is 15.4. The molecule has 21 heavy (non-hydrogen) atoms. The van der Waals surface area contributed by atoms with E-state index in [1.807, 2.05) is 0 Å². The molecule has 0 spiro atoms. The molecule has 0 saturated heterocycles. The van der Waals surface area contributed by atoms with Gasteiger partial charge in [0.25, 0.3) is 0 Å². The van der Waals surface area contributed by atoms with Crippen LogP contribution in [0, 0.1) is 0 Å². The summed E-state index contributed by atoms with van der Waals surface area (Å²) in [4.78, 5) is 4.23. The molecule has 1 unspecified atom stereocenters. The van der Waals surface area contributed by atoms with Gasteiger partial charge in [-0.05, 0) is 6.07 Å². The largest absolute Gasteiger partial charge is 0.383 e. The molecule has 114 valence electrons. The van der Waals surface area contributed by atoms with E-state index in [0.29, 0.717) is 39.6 Å². The lowest BCUT2D eigenvalue weighted by Crippen LogP contribution is -2.32. The van der Waals surface area contributed by atoms with E-state index in [0.717, 1.165) is 0 Å². The number of nitrogens with zero attached hydrogens (tertiary/aromatic N) is 3. The first-order valence-corrected chi connectivity index (χ1v) is 7.19. The number of rotatable bonds is 6. The van der Waals surface area contributed by atoms with Gasteiger partial charge in [0.2, 0.25) is 0 Å². The van der Waals surface area contributed by atoms with E-state index >= 15 is 0 Å². The van der Waals surface area contributed by atoms with Crippen molar-refractivity contribution in [1.82, 2.24) is 20.2 Å². The molecule has 2 aromatic heterocycles. The normalized spacial score (nSPS) is 12.6. The van der Waals surface area contributed by atoms with Crippen LogP contribution in [0.25, 0.3) is 0 Å². The maximum atomic E-state index is 6.21. The molecule has 9 heteroatoms. The molecule has 0 amide bonds. The summed E-state index contributed by atoms with van der Waals surface area (Å²) in [7, 11) is 1.61. The minimum absolute atomic E-state index is 0.390. The number of aromatic nitrogens is 3. The van der Waals surface area contributed by atoms with E-state index in [2.05, 4.69) is 15.5 Å². The van der Waals surface area contributed by atoms with E-state index < -0.39 is 6.04 Å². The molecule has 0 aliphatic rings. The maximum Gasteiger partial charge on any atom is 0.108 e. The Kier molecular flexibility index (Phi) is 5.80. The predicted molar refractivity (Wildman–Crippen MR) is 82.5 cm³/mol. The van der Waals surface area contributed by atoms with Crippen molar-refractivity contribution in [3.63, 3.8) is 0 Å². The third-order valence-electron chi connectivity index (χ3n) is 2.89. The lowest BCUT2D eigenvalue weighted by molar-refractivity contribution is 0.182. The number of methoxy groups -OCH3 is 1. The number of nitrogens with two attached hydrogens (primary N) is 1. The van der Waals surface area contributed by atoms with E-state index in [9.17, 15) is 0 Å². The molecule has 2 aromatic rings. The van der Waals surface area contributed by atoms with Crippen LogP contribution in [-0.4, -0.2) is 28.5 Å². The topological polar surface area (TPSA) is 78.0 Å². The van der Waals surface area contributed by atoms with Crippen LogP contribution in [0.15, 0.2) is 18.5 Å². The van der Waals surface area contributed by atoms with Crippen molar-refractivity contribution < 1.29 is 4.74 Å². The monoisotopic (exact) mass is 349 g/mol. The van der Waals surface area contributed by atoms with Crippen LogP contribution in [0.2, 0.25) is 15.1 Å². The van der Waals surface area contributed by atoms with Gasteiger partial charge in [-0.1, -0.05) is 34.8 Å². The van der Waals surface area contributed by atoms with Crippen molar-refractivity contribution in [2.24, 2.45) is 5.84 Å². The summed E-state index contributed by atoms with van der Waals surface area (Å²) < 4.78 is 6.75. The van der Waals surface area contributed by atoms with Crippen molar-refractivity contribution in [3.05, 3.63) is 44.9 Å². The van der Waals surface area contributed by atoms with Gasteiger partial charge < -0.3 is 4.74 Å². The molecule has 0 aliphatic heterocycles. The minimum Gasteiger partial charge on any atom is -0.383 e. The molecule has 0 radical (unpaired) electrons. The summed E-state index contributed by atoms with van der Waals surface area (Å²) in [6.07, 6.45) is 3.04. The molecular weight excluding hydrogens is 337 g/mol. The SMILES string of the molecule is COCCn1ncc(Cl)c1C(NN)c1ncc(Cl)cc1Cl. The number of nitrogens with one attached hydrogen (secondary N) is 1. The Balaban J connectivity index is 2.43. The van der Waals surface area contributed by atoms with Crippen LogP contribution in [0.4, 0.5) is 0 Å². The van der Waals surface area contributed by atoms with E-state index in [-0.39, 0.29) is 0 Å². The average Bonchev–Trinajstić information content (AvgIpc) is 2.81. The molecule has 0 saturated carbocycles. The molecule has 3 N–H and O–H groups in total. The van der Waals surface area contributed by atoms with Gasteiger partial charge in [-0.2, -0.15) is 5.10 Å². The lowest BCUT2D eigenvalue weighted by atomic mass is 10.1. The number of pyridine rings is 1. The van der Waals surface area contributed by atoms with Crippen molar-refractivity contribution in [3.8, 4) is 0 Å². The Morgan fingerprint density at radius 1 is 1.33 bits per heavy atom. The quantitative estimate of drug-likeness (QED) is 0.618. The van der Waals surface area contributed by atoms with Crippen LogP contribution >= 0.6 is 34.8 Å². The number of hydrogen-bond acceptors (Lipinski definition) is 5. The molecule has 0 aromatic carbocycles. The zero-order valence-electron chi connectivity index (χ0n) is 11.2. The number of halogens is 3. The highest BCUT2D eigenvalue weighted by Crippen LogP contribution is 2.31. The summed E-state index contributed by atoms with van der Waals surface area (Å²) >= 11 is 18.3. The summed E-state index contributed by atoms with van der Waals surface area (Å²) in [5.41, 5.74) is 3.84. The second-order valence-electron chi connectivity index (χ2n) is 4.21. The lowest BCUT2D eigenvalue weighted by Gasteiger charge is -2.19. The Morgan fingerprint density at radius 2 is 2.10 bits per heavy atom. The smallest absolute Gasteiger partial charge is 0.108 e. The molecule has 0 aliphatic carbocycles. The van der Waals surface area contributed by atoms with E-state index in [4.69, 9.17) is 45.4 Å². The number of ether oxygens (including phenoxy) is 1. The fraction of sp³-hybridized carbons (Fsp3) is 0.333. The first-order valence-electron chi connectivity index (χ1n) is 6.05. The molecule has 1 atom stereocenters. The first-order chi connectivity index (χ1) is 10.1. The number of hydrazine groups is 1. The van der Waals surface area contributed by atoms with Crippen LogP contribution in [0.3, 0.4) is 0 Å². The van der Waals surface area contributed by atoms with Crippen molar-refractivity contribution in [2.75, 3.05) is 13.7 Å². The molecule has 2 heterocycles. The predicted octanol–water partition coefficient (Wildman–Crippen LogP) is 2.44. The van der Waals surface area contributed by atoms with Gasteiger partial charge in [-0.25, -0.2) is 5.43 Å². The highest BCUT2D eigenvalue weighted by atomic mass is 35.5. The fourth-order valence-corrected chi connectivity index (χ4v) is 2.68. The van der Waals surface area contributed by atoms with Crippen LogP contribution in [0.1, 0.15) is 17.4 Å². The second-order valence-corrected chi connectivity index (χ2v) is 5.46. The van der Waals surface area contributed by atoms with Crippen LogP contribution < -0.4 is 11.3 Å². The van der Waals surface area contributed by atoms with Gasteiger partial charge in [0, 0.05) is 13.3 Å². The Morgan fingerprint density at radius 3 is 2.71 bits per heavy atom. The van der Waals surface area contributed by atoms with Crippen molar-refractivity contribution in [2.45, 2.75) is 12.6 Å². The summed E-state index contributed by atoms with van der Waals surface area (Å²) in [6, 6.07) is 1.08. The molecule has 0 bridgehead atoms. The number of hydrogen-bond donors (Lipinski definition) is 2. The highest BCUT2D eigenvalue weighted by Gasteiger charge is 2.24. The van der Waals surface area contributed by atoms with Crippen LogP contribution in [-0.2, 0) is 11.3 Å². The standard InChI is InChI=1S/C12H14Cl3N5O/c1-21-3-2-20-12(9(15)6-18-20)11(19-16)10-8(14)4-7(13)5-17-10/h4-6,11,19H,2-3,16H2,1H3. The van der Waals surface area contributed by atoms with Gasteiger partial charge in [0.15, 0.2) is 0 Å². The van der Waals surface area contributed by atoms with Gasteiger partial charge >= 0.3 is 0 Å². The molecule has 0 fully saturated rings. The van der Waals surface area contributed by atoms with Crippen LogP contribution in [0.5, 0.6) is 0 Å². The van der Waals surface area contributed by atoms with E-state index in [1.54, 1.807) is 24.1 Å². The molecule has 2 rings (SSSR count). The van der Waals surface area contributed by atoms with Gasteiger partial charge in [0.1, 0.15) is 6.04 Å². The third kappa shape index (κ3) is 3.66.